The normalized spacial score (nSPS) is 10.5. The Bertz CT molecular complexity index is 776. The van der Waals surface area contributed by atoms with Crippen molar-refractivity contribution < 1.29 is 14.3 Å². The zero-order valence-corrected chi connectivity index (χ0v) is 15.5. The van der Waals surface area contributed by atoms with Crippen molar-refractivity contribution in [2.75, 3.05) is 18.7 Å². The maximum absolute atomic E-state index is 12.0. The molecule has 26 heavy (non-hydrogen) atoms. The summed E-state index contributed by atoms with van der Waals surface area (Å²) in [7, 11) is 1.53. The van der Waals surface area contributed by atoms with Crippen LogP contribution in [0.2, 0.25) is 0 Å². The van der Waals surface area contributed by atoms with E-state index in [0.717, 1.165) is 10.5 Å². The summed E-state index contributed by atoms with van der Waals surface area (Å²) in [6.07, 6.45) is 3.68. The Kier molecular flexibility index (Phi) is 7.70. The molecule has 0 radical (unpaired) electrons. The van der Waals surface area contributed by atoms with E-state index in [9.17, 15) is 9.59 Å². The molecule has 0 fully saturated rings. The Balaban J connectivity index is 1.75. The van der Waals surface area contributed by atoms with Gasteiger partial charge in [0.25, 0.3) is 0 Å². The minimum atomic E-state index is -0.322. The van der Waals surface area contributed by atoms with Crippen LogP contribution in [0.5, 0.6) is 5.75 Å². The number of benzene rings is 2. The Labute approximate surface area is 157 Å². The molecule has 6 nitrogen and oxygen atoms in total. The predicted molar refractivity (Wildman–Crippen MR) is 105 cm³/mol. The summed E-state index contributed by atoms with van der Waals surface area (Å²) in [5.74, 6) is -0.0131. The van der Waals surface area contributed by atoms with Crippen molar-refractivity contribution in [1.29, 1.82) is 0 Å². The molecule has 2 amide bonds. The lowest BCUT2D eigenvalue weighted by atomic mass is 10.2. The van der Waals surface area contributed by atoms with E-state index in [1.807, 2.05) is 36.6 Å². The van der Waals surface area contributed by atoms with Crippen molar-refractivity contribution in [1.82, 2.24) is 5.43 Å². The number of thioether (sulfide) groups is 1. The van der Waals surface area contributed by atoms with Gasteiger partial charge in [0.15, 0.2) is 0 Å². The van der Waals surface area contributed by atoms with E-state index < -0.39 is 0 Å². The molecular weight excluding hydrogens is 350 g/mol. The number of hydrogen-bond acceptors (Lipinski definition) is 5. The first-order valence-corrected chi connectivity index (χ1v) is 9.23. The van der Waals surface area contributed by atoms with Crippen LogP contribution in [0.25, 0.3) is 0 Å². The number of hydrazone groups is 1. The fourth-order valence-electron chi connectivity index (χ4n) is 2.11. The van der Waals surface area contributed by atoms with Crippen molar-refractivity contribution in [2.45, 2.75) is 17.7 Å². The minimum Gasteiger partial charge on any atom is -0.495 e. The molecule has 7 heteroatoms. The van der Waals surface area contributed by atoms with Gasteiger partial charge in [-0.05, 0) is 36.1 Å². The standard InChI is InChI=1S/C19H21N3O3S/c1-25-17-6-4-3-5-16(17)21-18(23)11-12-19(24)22-20-13-14-7-9-15(26-2)10-8-14/h3-10,13H,11-12H2,1-2H3,(H,21,23)(H,22,24). The Morgan fingerprint density at radius 2 is 1.77 bits per heavy atom. The topological polar surface area (TPSA) is 79.8 Å². The fraction of sp³-hybridized carbons (Fsp3) is 0.211. The molecule has 2 rings (SSSR count). The van der Waals surface area contributed by atoms with Crippen LogP contribution in [0.15, 0.2) is 58.5 Å². The van der Waals surface area contributed by atoms with E-state index in [1.54, 1.807) is 36.2 Å². The van der Waals surface area contributed by atoms with E-state index in [4.69, 9.17) is 4.74 Å². The third-order valence-corrected chi connectivity index (χ3v) is 4.22. The molecule has 136 valence electrons. The van der Waals surface area contributed by atoms with Gasteiger partial charge < -0.3 is 10.1 Å². The largest absolute Gasteiger partial charge is 0.495 e. The number of hydrogen-bond donors (Lipinski definition) is 2. The molecule has 0 saturated carbocycles. The summed E-state index contributed by atoms with van der Waals surface area (Å²) in [6, 6.07) is 14.9. The smallest absolute Gasteiger partial charge is 0.240 e. The zero-order valence-electron chi connectivity index (χ0n) is 14.7. The Morgan fingerprint density at radius 1 is 1.08 bits per heavy atom. The van der Waals surface area contributed by atoms with Crippen LogP contribution in [0.4, 0.5) is 5.69 Å². The summed E-state index contributed by atoms with van der Waals surface area (Å²) in [5, 5.41) is 6.63. The first-order chi connectivity index (χ1) is 12.6. The van der Waals surface area contributed by atoms with Gasteiger partial charge >= 0.3 is 0 Å². The van der Waals surface area contributed by atoms with Crippen molar-refractivity contribution in [2.24, 2.45) is 5.10 Å². The Morgan fingerprint density at radius 3 is 2.46 bits per heavy atom. The quantitative estimate of drug-likeness (QED) is 0.424. The summed E-state index contributed by atoms with van der Waals surface area (Å²) in [6.45, 7) is 0. The number of ether oxygens (including phenoxy) is 1. The number of carbonyl (C=O) groups is 2. The summed E-state index contributed by atoms with van der Waals surface area (Å²) < 4.78 is 5.17. The fourth-order valence-corrected chi connectivity index (χ4v) is 2.52. The van der Waals surface area contributed by atoms with Crippen LogP contribution >= 0.6 is 11.8 Å². The third kappa shape index (κ3) is 6.25. The number of carbonyl (C=O) groups excluding carboxylic acids is 2. The van der Waals surface area contributed by atoms with E-state index in [2.05, 4.69) is 15.8 Å². The molecule has 2 aromatic rings. The number of para-hydroxylation sites is 2. The predicted octanol–water partition coefficient (Wildman–Crippen LogP) is 3.29. The van der Waals surface area contributed by atoms with Crippen LogP contribution in [0.3, 0.4) is 0 Å². The number of methoxy groups -OCH3 is 1. The van der Waals surface area contributed by atoms with E-state index in [1.165, 1.54) is 7.11 Å². The van der Waals surface area contributed by atoms with Gasteiger partial charge in [-0.15, -0.1) is 11.8 Å². The average Bonchev–Trinajstić information content (AvgIpc) is 2.67. The summed E-state index contributed by atoms with van der Waals surface area (Å²) in [4.78, 5) is 24.9. The van der Waals surface area contributed by atoms with Crippen LogP contribution in [-0.2, 0) is 9.59 Å². The van der Waals surface area contributed by atoms with Crippen molar-refractivity contribution in [3.8, 4) is 5.75 Å². The second-order valence-electron chi connectivity index (χ2n) is 5.31. The molecule has 0 spiro atoms. The molecule has 0 aliphatic carbocycles. The summed E-state index contributed by atoms with van der Waals surface area (Å²) >= 11 is 1.66. The van der Waals surface area contributed by atoms with Gasteiger partial charge in [-0.2, -0.15) is 5.10 Å². The number of anilines is 1. The van der Waals surface area contributed by atoms with Crippen LogP contribution in [0, 0.1) is 0 Å². The van der Waals surface area contributed by atoms with Gasteiger partial charge in [-0.3, -0.25) is 9.59 Å². The number of nitrogens with zero attached hydrogens (tertiary/aromatic N) is 1. The highest BCUT2D eigenvalue weighted by atomic mass is 32.2. The number of amides is 2. The van der Waals surface area contributed by atoms with Crippen LogP contribution in [-0.4, -0.2) is 31.4 Å². The lowest BCUT2D eigenvalue weighted by Gasteiger charge is -2.09. The monoisotopic (exact) mass is 371 g/mol. The zero-order chi connectivity index (χ0) is 18.8. The first kappa shape index (κ1) is 19.5. The number of nitrogens with one attached hydrogen (secondary N) is 2. The number of rotatable bonds is 8. The van der Waals surface area contributed by atoms with Gasteiger partial charge in [0.05, 0.1) is 19.0 Å². The molecule has 0 atom stereocenters. The molecule has 2 N–H and O–H groups in total. The molecule has 0 aliphatic heterocycles. The molecule has 2 aromatic carbocycles. The minimum absolute atomic E-state index is 0.0454. The highest BCUT2D eigenvalue weighted by Gasteiger charge is 2.09. The van der Waals surface area contributed by atoms with Gasteiger partial charge in [0.2, 0.25) is 11.8 Å². The first-order valence-electron chi connectivity index (χ1n) is 8.01. The van der Waals surface area contributed by atoms with E-state index in [0.29, 0.717) is 11.4 Å². The summed E-state index contributed by atoms with van der Waals surface area (Å²) in [5.41, 5.74) is 3.88. The van der Waals surface area contributed by atoms with Gasteiger partial charge in [0.1, 0.15) is 5.75 Å². The molecular formula is C19H21N3O3S. The lowest BCUT2D eigenvalue weighted by Crippen LogP contribution is -2.20. The maximum atomic E-state index is 12.0. The van der Waals surface area contributed by atoms with Crippen LogP contribution in [0.1, 0.15) is 18.4 Å². The van der Waals surface area contributed by atoms with Gasteiger partial charge in [0, 0.05) is 17.7 Å². The van der Waals surface area contributed by atoms with E-state index in [-0.39, 0.29) is 24.7 Å². The molecule has 0 heterocycles. The second kappa shape index (κ2) is 10.2. The average molecular weight is 371 g/mol. The Hall–Kier alpha value is -2.80. The van der Waals surface area contributed by atoms with Gasteiger partial charge in [-0.1, -0.05) is 24.3 Å². The molecule has 0 bridgehead atoms. The molecule has 0 aliphatic rings. The molecule has 0 unspecified atom stereocenters. The highest BCUT2D eigenvalue weighted by molar-refractivity contribution is 7.98. The van der Waals surface area contributed by atoms with Gasteiger partial charge in [-0.25, -0.2) is 5.43 Å². The maximum Gasteiger partial charge on any atom is 0.240 e. The molecule has 0 aromatic heterocycles. The lowest BCUT2D eigenvalue weighted by molar-refractivity contribution is -0.124. The van der Waals surface area contributed by atoms with Crippen molar-refractivity contribution >= 4 is 35.5 Å². The highest BCUT2D eigenvalue weighted by Crippen LogP contribution is 2.23. The second-order valence-corrected chi connectivity index (χ2v) is 6.19. The molecule has 0 saturated heterocycles. The van der Waals surface area contributed by atoms with E-state index >= 15 is 0 Å². The third-order valence-electron chi connectivity index (χ3n) is 3.48. The van der Waals surface area contributed by atoms with Crippen molar-refractivity contribution in [3.63, 3.8) is 0 Å². The van der Waals surface area contributed by atoms with Crippen LogP contribution < -0.4 is 15.5 Å². The SMILES string of the molecule is COc1ccccc1NC(=O)CCC(=O)NN=Cc1ccc(SC)cc1. The van der Waals surface area contributed by atoms with Crippen molar-refractivity contribution in [3.05, 3.63) is 54.1 Å².